The highest BCUT2D eigenvalue weighted by Crippen LogP contribution is 2.22. The Morgan fingerprint density at radius 3 is 2.42 bits per heavy atom. The Hall–Kier alpha value is -2.84. The van der Waals surface area contributed by atoms with Crippen LogP contribution in [0, 0.1) is 5.82 Å². The van der Waals surface area contributed by atoms with E-state index in [0.29, 0.717) is 12.2 Å². The zero-order chi connectivity index (χ0) is 22.3. The van der Waals surface area contributed by atoms with E-state index in [9.17, 15) is 17.6 Å². The summed E-state index contributed by atoms with van der Waals surface area (Å²) in [5, 5.41) is 2.81. The molecule has 1 amide bonds. The van der Waals surface area contributed by atoms with E-state index in [0.717, 1.165) is 17.1 Å². The maximum absolute atomic E-state index is 12.9. The van der Waals surface area contributed by atoms with E-state index in [2.05, 4.69) is 5.32 Å². The number of hydrogen-bond acceptors (Lipinski definition) is 4. The number of rotatable bonds is 9. The Morgan fingerprint density at radius 2 is 1.71 bits per heavy atom. The third-order valence-electron chi connectivity index (χ3n) is 4.56. The molecular weight excluding hydrogens is 435 g/mol. The predicted octanol–water partition coefficient (Wildman–Crippen LogP) is 4.56. The van der Waals surface area contributed by atoms with E-state index in [1.807, 2.05) is 6.07 Å². The van der Waals surface area contributed by atoms with Crippen LogP contribution in [0.1, 0.15) is 16.8 Å². The predicted molar refractivity (Wildman–Crippen MR) is 123 cm³/mol. The zero-order valence-electron chi connectivity index (χ0n) is 17.0. The average molecular weight is 459 g/mol. The molecule has 31 heavy (non-hydrogen) atoms. The van der Waals surface area contributed by atoms with Gasteiger partial charge in [0.05, 0.1) is 10.6 Å². The summed E-state index contributed by atoms with van der Waals surface area (Å²) in [5.74, 6) is 0.171. The van der Waals surface area contributed by atoms with E-state index < -0.39 is 10.0 Å². The van der Waals surface area contributed by atoms with Gasteiger partial charge >= 0.3 is 0 Å². The lowest BCUT2D eigenvalue weighted by molar-refractivity contribution is 0.0953. The second-order valence-corrected chi connectivity index (χ2v) is 9.89. The van der Waals surface area contributed by atoms with Crippen LogP contribution in [0.25, 0.3) is 0 Å². The SMILES string of the molecule is CN(c1ccccc1)S(=O)(=O)c1cccc(C(=O)NCCCSc2ccc(F)cc2)c1. The van der Waals surface area contributed by atoms with Crippen molar-refractivity contribution in [3.05, 3.63) is 90.2 Å². The van der Waals surface area contributed by atoms with Gasteiger partial charge in [0.1, 0.15) is 5.82 Å². The number of nitrogens with zero attached hydrogens (tertiary/aromatic N) is 1. The number of nitrogens with one attached hydrogen (secondary N) is 1. The molecule has 162 valence electrons. The van der Waals surface area contributed by atoms with Crippen molar-refractivity contribution in [2.45, 2.75) is 16.2 Å². The molecule has 3 rings (SSSR count). The van der Waals surface area contributed by atoms with Crippen LogP contribution in [0.2, 0.25) is 0 Å². The molecule has 1 N–H and O–H groups in total. The van der Waals surface area contributed by atoms with Gasteiger partial charge in [0, 0.05) is 24.1 Å². The van der Waals surface area contributed by atoms with Gasteiger partial charge in [0.2, 0.25) is 0 Å². The molecule has 0 heterocycles. The van der Waals surface area contributed by atoms with Crippen molar-refractivity contribution in [2.75, 3.05) is 23.7 Å². The zero-order valence-corrected chi connectivity index (χ0v) is 18.6. The molecule has 0 aliphatic heterocycles. The maximum Gasteiger partial charge on any atom is 0.264 e. The molecule has 0 unspecified atom stereocenters. The van der Waals surface area contributed by atoms with Crippen LogP contribution in [-0.2, 0) is 10.0 Å². The molecule has 0 radical (unpaired) electrons. The molecule has 0 spiro atoms. The van der Waals surface area contributed by atoms with Crippen LogP contribution in [0.4, 0.5) is 10.1 Å². The maximum atomic E-state index is 12.9. The molecule has 3 aromatic carbocycles. The van der Waals surface area contributed by atoms with Gasteiger partial charge in [-0.25, -0.2) is 12.8 Å². The smallest absolute Gasteiger partial charge is 0.264 e. The first kappa shape index (κ1) is 22.8. The van der Waals surface area contributed by atoms with Crippen molar-refractivity contribution < 1.29 is 17.6 Å². The number of hydrogen-bond donors (Lipinski definition) is 1. The normalized spacial score (nSPS) is 11.2. The highest BCUT2D eigenvalue weighted by atomic mass is 32.2. The highest BCUT2D eigenvalue weighted by molar-refractivity contribution is 7.99. The van der Waals surface area contributed by atoms with E-state index >= 15 is 0 Å². The summed E-state index contributed by atoms with van der Waals surface area (Å²) in [4.78, 5) is 13.5. The van der Waals surface area contributed by atoms with Crippen molar-refractivity contribution in [1.29, 1.82) is 0 Å². The summed E-state index contributed by atoms with van der Waals surface area (Å²) < 4.78 is 40.0. The van der Waals surface area contributed by atoms with Crippen LogP contribution in [0.3, 0.4) is 0 Å². The van der Waals surface area contributed by atoms with E-state index in [1.54, 1.807) is 60.3 Å². The summed E-state index contributed by atoms with van der Waals surface area (Å²) >= 11 is 1.58. The molecule has 0 saturated heterocycles. The summed E-state index contributed by atoms with van der Waals surface area (Å²) in [6.07, 6.45) is 0.725. The summed E-state index contributed by atoms with van der Waals surface area (Å²) in [5.41, 5.74) is 0.824. The number of thioether (sulfide) groups is 1. The third-order valence-corrected chi connectivity index (χ3v) is 7.44. The van der Waals surface area contributed by atoms with Crippen molar-refractivity contribution in [3.8, 4) is 0 Å². The number of benzene rings is 3. The minimum atomic E-state index is -3.79. The van der Waals surface area contributed by atoms with E-state index in [1.165, 1.54) is 35.6 Å². The Labute approximate surface area is 186 Å². The van der Waals surface area contributed by atoms with Crippen molar-refractivity contribution in [1.82, 2.24) is 5.32 Å². The largest absolute Gasteiger partial charge is 0.352 e. The standard InChI is InChI=1S/C23H23FN2O3S2/c1-26(20-8-3-2-4-9-20)31(28,29)22-10-5-7-18(17-22)23(27)25-15-6-16-30-21-13-11-19(24)12-14-21/h2-5,7-14,17H,6,15-16H2,1H3,(H,25,27). The molecule has 0 aliphatic rings. The number of sulfonamides is 1. The number of anilines is 1. The third kappa shape index (κ3) is 6.08. The summed E-state index contributed by atoms with van der Waals surface area (Å²) in [7, 11) is -2.31. The first-order valence-corrected chi connectivity index (χ1v) is 12.1. The van der Waals surface area contributed by atoms with Gasteiger partial charge in [-0.05, 0) is 66.8 Å². The number of carbonyl (C=O) groups is 1. The van der Waals surface area contributed by atoms with Crippen molar-refractivity contribution in [3.63, 3.8) is 0 Å². The fourth-order valence-corrected chi connectivity index (χ4v) is 4.92. The lowest BCUT2D eigenvalue weighted by atomic mass is 10.2. The van der Waals surface area contributed by atoms with Gasteiger partial charge in [-0.2, -0.15) is 0 Å². The molecule has 5 nitrogen and oxygen atoms in total. The van der Waals surface area contributed by atoms with Crippen LogP contribution in [0.5, 0.6) is 0 Å². The molecule has 0 aliphatic carbocycles. The van der Waals surface area contributed by atoms with Gasteiger partial charge in [0.15, 0.2) is 0 Å². The van der Waals surface area contributed by atoms with Crippen molar-refractivity contribution >= 4 is 33.4 Å². The lowest BCUT2D eigenvalue weighted by Gasteiger charge is -2.19. The molecule has 3 aromatic rings. The first-order valence-electron chi connectivity index (χ1n) is 9.68. The summed E-state index contributed by atoms with van der Waals surface area (Å²) in [6.45, 7) is 0.452. The van der Waals surface area contributed by atoms with Crippen LogP contribution < -0.4 is 9.62 Å². The van der Waals surface area contributed by atoms with Crippen LogP contribution in [-0.4, -0.2) is 33.7 Å². The number of para-hydroxylation sites is 1. The van der Waals surface area contributed by atoms with Gasteiger partial charge in [-0.1, -0.05) is 24.3 Å². The number of carbonyl (C=O) groups excluding carboxylic acids is 1. The van der Waals surface area contributed by atoms with Gasteiger partial charge < -0.3 is 5.32 Å². The van der Waals surface area contributed by atoms with Gasteiger partial charge in [-0.15, -0.1) is 11.8 Å². The average Bonchev–Trinajstić information content (AvgIpc) is 2.80. The molecule has 0 fully saturated rings. The molecular formula is C23H23FN2O3S2. The van der Waals surface area contributed by atoms with Crippen LogP contribution >= 0.6 is 11.8 Å². The quantitative estimate of drug-likeness (QED) is 0.377. The monoisotopic (exact) mass is 458 g/mol. The van der Waals surface area contributed by atoms with Gasteiger partial charge in [-0.3, -0.25) is 9.10 Å². The van der Waals surface area contributed by atoms with Crippen molar-refractivity contribution in [2.24, 2.45) is 0 Å². The topological polar surface area (TPSA) is 66.5 Å². The minimum Gasteiger partial charge on any atom is -0.352 e. The molecule has 0 aromatic heterocycles. The Morgan fingerprint density at radius 1 is 1.00 bits per heavy atom. The van der Waals surface area contributed by atoms with E-state index in [-0.39, 0.29) is 22.2 Å². The fraction of sp³-hybridized carbons (Fsp3) is 0.174. The highest BCUT2D eigenvalue weighted by Gasteiger charge is 2.22. The Kier molecular flexibility index (Phi) is 7.70. The second-order valence-electron chi connectivity index (χ2n) is 6.75. The molecule has 0 saturated carbocycles. The lowest BCUT2D eigenvalue weighted by Crippen LogP contribution is -2.28. The molecule has 0 atom stereocenters. The van der Waals surface area contributed by atoms with Crippen LogP contribution in [0.15, 0.2) is 88.7 Å². The fourth-order valence-electron chi connectivity index (χ4n) is 2.83. The van der Waals surface area contributed by atoms with Gasteiger partial charge in [0.25, 0.3) is 15.9 Å². The second kappa shape index (κ2) is 10.5. The van der Waals surface area contributed by atoms with E-state index in [4.69, 9.17) is 0 Å². The molecule has 0 bridgehead atoms. The molecule has 8 heteroatoms. The number of halogens is 1. The Balaban J connectivity index is 1.56. The summed E-state index contributed by atoms with van der Waals surface area (Å²) in [6, 6.07) is 21.0. The Bertz CT molecular complexity index is 1120. The first-order chi connectivity index (χ1) is 14.9. The number of amides is 1. The minimum absolute atomic E-state index is 0.0540.